The maximum Gasteiger partial charge on any atom is 0.255 e. The first-order chi connectivity index (χ1) is 12.1. The van der Waals surface area contributed by atoms with Crippen LogP contribution < -0.4 is 19.5 Å². The summed E-state index contributed by atoms with van der Waals surface area (Å²) in [4.78, 5) is 24.8. The molecule has 1 heterocycles. The van der Waals surface area contributed by atoms with E-state index in [0.29, 0.717) is 53.7 Å². The molecule has 1 aliphatic heterocycles. The van der Waals surface area contributed by atoms with Crippen molar-refractivity contribution in [2.75, 3.05) is 25.6 Å². The van der Waals surface area contributed by atoms with Crippen LogP contribution in [0.5, 0.6) is 17.2 Å². The van der Waals surface area contributed by atoms with E-state index in [-0.39, 0.29) is 11.7 Å². The van der Waals surface area contributed by atoms with Crippen molar-refractivity contribution in [2.24, 2.45) is 0 Å². The summed E-state index contributed by atoms with van der Waals surface area (Å²) in [6, 6.07) is 10.1. The van der Waals surface area contributed by atoms with Crippen LogP contribution in [0.25, 0.3) is 0 Å². The van der Waals surface area contributed by atoms with Gasteiger partial charge >= 0.3 is 0 Å². The number of ether oxygens (including phenoxy) is 3. The second-order valence-electron chi connectivity index (χ2n) is 5.50. The molecule has 0 aromatic heterocycles. The van der Waals surface area contributed by atoms with Crippen LogP contribution in [0.15, 0.2) is 36.4 Å². The largest absolute Gasteiger partial charge is 0.497 e. The van der Waals surface area contributed by atoms with Gasteiger partial charge in [-0.2, -0.15) is 0 Å². The number of methoxy groups -OCH3 is 1. The highest BCUT2D eigenvalue weighted by atomic mass is 16.6. The summed E-state index contributed by atoms with van der Waals surface area (Å²) < 4.78 is 16.2. The van der Waals surface area contributed by atoms with Gasteiger partial charge in [-0.05, 0) is 24.3 Å². The molecular formula is C19H19NO5. The Morgan fingerprint density at radius 2 is 1.84 bits per heavy atom. The molecule has 0 radical (unpaired) electrons. The van der Waals surface area contributed by atoms with Crippen molar-refractivity contribution in [3.05, 3.63) is 47.5 Å². The molecule has 0 aliphatic carbocycles. The molecule has 0 saturated heterocycles. The quantitative estimate of drug-likeness (QED) is 0.845. The van der Waals surface area contributed by atoms with Gasteiger partial charge in [-0.15, -0.1) is 0 Å². The second-order valence-corrected chi connectivity index (χ2v) is 5.50. The molecule has 6 nitrogen and oxygen atoms in total. The fourth-order valence-corrected chi connectivity index (χ4v) is 2.57. The molecule has 0 atom stereocenters. The number of carbonyl (C=O) groups excluding carboxylic acids is 2. The van der Waals surface area contributed by atoms with E-state index in [1.807, 2.05) is 0 Å². The molecule has 1 amide bonds. The van der Waals surface area contributed by atoms with E-state index in [1.165, 1.54) is 7.11 Å². The number of amides is 1. The molecule has 0 fully saturated rings. The topological polar surface area (TPSA) is 73.9 Å². The number of anilines is 1. The zero-order valence-corrected chi connectivity index (χ0v) is 14.1. The average Bonchev–Trinajstić information content (AvgIpc) is 2.66. The lowest BCUT2D eigenvalue weighted by atomic mass is 10.0. The standard InChI is InChI=1S/C19H19NO5/c1-3-16(21)14-10-17-18(25-8-7-24-17)11-15(14)20-19(22)12-5-4-6-13(9-12)23-2/h4-6,9-11H,3,7-8H2,1-2H3,(H,20,22). The number of fused-ring (bicyclic) bond motifs is 1. The van der Waals surface area contributed by atoms with Gasteiger partial charge < -0.3 is 19.5 Å². The number of ketones is 1. The van der Waals surface area contributed by atoms with E-state index in [1.54, 1.807) is 43.3 Å². The third-order valence-corrected chi connectivity index (χ3v) is 3.88. The number of carbonyl (C=O) groups is 2. The summed E-state index contributed by atoms with van der Waals surface area (Å²) in [7, 11) is 1.54. The number of rotatable bonds is 5. The van der Waals surface area contributed by atoms with E-state index in [2.05, 4.69) is 5.32 Å². The van der Waals surface area contributed by atoms with Crippen LogP contribution in [0.4, 0.5) is 5.69 Å². The monoisotopic (exact) mass is 341 g/mol. The van der Waals surface area contributed by atoms with E-state index in [4.69, 9.17) is 14.2 Å². The van der Waals surface area contributed by atoms with Crippen molar-refractivity contribution in [1.82, 2.24) is 0 Å². The Hall–Kier alpha value is -3.02. The van der Waals surface area contributed by atoms with Crippen LogP contribution in [0.1, 0.15) is 34.1 Å². The van der Waals surface area contributed by atoms with E-state index >= 15 is 0 Å². The first-order valence-corrected chi connectivity index (χ1v) is 8.04. The van der Waals surface area contributed by atoms with Gasteiger partial charge in [-0.1, -0.05) is 13.0 Å². The smallest absolute Gasteiger partial charge is 0.255 e. The van der Waals surface area contributed by atoms with Crippen molar-refractivity contribution >= 4 is 17.4 Å². The lowest BCUT2D eigenvalue weighted by Crippen LogP contribution is -2.19. The maximum absolute atomic E-state index is 12.6. The fourth-order valence-electron chi connectivity index (χ4n) is 2.57. The van der Waals surface area contributed by atoms with Crippen LogP contribution >= 0.6 is 0 Å². The Morgan fingerprint density at radius 3 is 2.52 bits per heavy atom. The molecule has 2 aromatic rings. The maximum atomic E-state index is 12.6. The summed E-state index contributed by atoms with van der Waals surface area (Å²) in [5.41, 5.74) is 1.25. The number of benzene rings is 2. The van der Waals surface area contributed by atoms with Crippen LogP contribution in [0, 0.1) is 0 Å². The minimum absolute atomic E-state index is 0.0853. The van der Waals surface area contributed by atoms with Gasteiger partial charge in [-0.25, -0.2) is 0 Å². The Kier molecular flexibility index (Phi) is 4.88. The normalized spacial score (nSPS) is 12.4. The van der Waals surface area contributed by atoms with Gasteiger partial charge in [0, 0.05) is 23.6 Å². The summed E-state index contributed by atoms with van der Waals surface area (Å²) in [6.07, 6.45) is 0.321. The van der Waals surface area contributed by atoms with Crippen molar-refractivity contribution in [1.29, 1.82) is 0 Å². The summed E-state index contributed by atoms with van der Waals surface area (Å²) in [5, 5.41) is 2.79. The van der Waals surface area contributed by atoms with Gasteiger partial charge in [0.05, 0.1) is 12.8 Å². The Morgan fingerprint density at radius 1 is 1.12 bits per heavy atom. The number of Topliss-reactive ketones (excluding diaryl/α,β-unsaturated/α-hetero) is 1. The molecule has 2 aromatic carbocycles. The van der Waals surface area contributed by atoms with Crippen molar-refractivity contribution in [3.63, 3.8) is 0 Å². The van der Waals surface area contributed by atoms with Crippen molar-refractivity contribution in [2.45, 2.75) is 13.3 Å². The molecular weight excluding hydrogens is 322 g/mol. The summed E-state index contributed by atoms with van der Waals surface area (Å²) in [6.45, 7) is 2.63. The van der Waals surface area contributed by atoms with Gasteiger partial charge in [0.25, 0.3) is 5.91 Å². The van der Waals surface area contributed by atoms with E-state index in [0.717, 1.165) is 0 Å². The van der Waals surface area contributed by atoms with Crippen molar-refractivity contribution in [3.8, 4) is 17.2 Å². The molecule has 1 aliphatic rings. The van der Waals surface area contributed by atoms with Crippen LogP contribution in [-0.4, -0.2) is 32.0 Å². The molecule has 130 valence electrons. The van der Waals surface area contributed by atoms with Gasteiger partial charge in [0.1, 0.15) is 19.0 Å². The minimum Gasteiger partial charge on any atom is -0.497 e. The number of hydrogen-bond acceptors (Lipinski definition) is 5. The molecule has 3 rings (SSSR count). The molecule has 0 bridgehead atoms. The second kappa shape index (κ2) is 7.25. The predicted octanol–water partition coefficient (Wildman–Crippen LogP) is 3.31. The molecule has 6 heteroatoms. The highest BCUT2D eigenvalue weighted by Crippen LogP contribution is 2.36. The molecule has 25 heavy (non-hydrogen) atoms. The highest BCUT2D eigenvalue weighted by Gasteiger charge is 2.20. The van der Waals surface area contributed by atoms with Crippen LogP contribution in [0.2, 0.25) is 0 Å². The Labute approximate surface area is 145 Å². The molecule has 0 spiro atoms. The van der Waals surface area contributed by atoms with E-state index < -0.39 is 0 Å². The Balaban J connectivity index is 1.94. The van der Waals surface area contributed by atoms with Gasteiger partial charge in [0.15, 0.2) is 17.3 Å². The zero-order valence-electron chi connectivity index (χ0n) is 14.1. The van der Waals surface area contributed by atoms with E-state index in [9.17, 15) is 9.59 Å². The highest BCUT2D eigenvalue weighted by molar-refractivity contribution is 6.10. The molecule has 0 unspecified atom stereocenters. The van der Waals surface area contributed by atoms with Crippen LogP contribution in [0.3, 0.4) is 0 Å². The Bertz CT molecular complexity index is 815. The molecule has 0 saturated carbocycles. The first kappa shape index (κ1) is 16.8. The number of nitrogens with one attached hydrogen (secondary N) is 1. The number of hydrogen-bond donors (Lipinski definition) is 1. The fraction of sp³-hybridized carbons (Fsp3) is 0.263. The van der Waals surface area contributed by atoms with Crippen molar-refractivity contribution < 1.29 is 23.8 Å². The minimum atomic E-state index is -0.333. The third kappa shape index (κ3) is 3.57. The predicted molar refractivity (Wildman–Crippen MR) is 93.0 cm³/mol. The van der Waals surface area contributed by atoms with Crippen LogP contribution in [-0.2, 0) is 0 Å². The zero-order chi connectivity index (χ0) is 17.8. The first-order valence-electron chi connectivity index (χ1n) is 8.04. The average molecular weight is 341 g/mol. The lowest BCUT2D eigenvalue weighted by Gasteiger charge is -2.21. The van der Waals surface area contributed by atoms with Gasteiger partial charge in [0.2, 0.25) is 0 Å². The summed E-state index contributed by atoms with van der Waals surface area (Å²) >= 11 is 0. The third-order valence-electron chi connectivity index (χ3n) is 3.88. The molecule has 1 N–H and O–H groups in total. The SMILES string of the molecule is CCC(=O)c1cc2c(cc1NC(=O)c1cccc(OC)c1)OCCO2. The lowest BCUT2D eigenvalue weighted by molar-refractivity contribution is 0.0988. The van der Waals surface area contributed by atoms with Gasteiger partial charge in [-0.3, -0.25) is 9.59 Å². The summed E-state index contributed by atoms with van der Waals surface area (Å²) in [5.74, 6) is 1.20.